The number of benzene rings is 1. The van der Waals surface area contributed by atoms with Gasteiger partial charge in [0, 0.05) is 9.79 Å². The second kappa shape index (κ2) is 6.69. The maximum Gasteiger partial charge on any atom is 0.122 e. The van der Waals surface area contributed by atoms with E-state index in [4.69, 9.17) is 0 Å². The van der Waals surface area contributed by atoms with Crippen LogP contribution in [-0.2, 0) is 0 Å². The third-order valence-electron chi connectivity index (χ3n) is 5.16. The molecule has 0 aliphatic rings. The van der Waals surface area contributed by atoms with Crippen LogP contribution < -0.4 is 0 Å². The fourth-order valence-corrected chi connectivity index (χ4v) is 10.2. The van der Waals surface area contributed by atoms with Crippen molar-refractivity contribution in [3.63, 3.8) is 0 Å². The quantitative estimate of drug-likeness (QED) is 0.494. The van der Waals surface area contributed by atoms with Crippen LogP contribution in [0.5, 0.6) is 0 Å². The third kappa shape index (κ3) is 5.18. The normalized spacial score (nSPS) is 14.3. The molecular weight excluding hydrogens is 337 g/mol. The van der Waals surface area contributed by atoms with Crippen molar-refractivity contribution in [2.24, 2.45) is 0 Å². The average Bonchev–Trinajstić information content (AvgIpc) is 2.24. The van der Waals surface area contributed by atoms with Gasteiger partial charge < -0.3 is 0 Å². The Hall–Kier alpha value is 0.354. The SMILES string of the molecule is CC(C)(C)[Si](C)(C)Sc1cccc(S[Si](C)(C)C(C)(C)C)c1. The third-order valence-corrected chi connectivity index (χ3v) is 22.5. The van der Waals surface area contributed by atoms with Crippen LogP contribution >= 0.6 is 22.4 Å². The van der Waals surface area contributed by atoms with E-state index in [2.05, 4.69) is 114 Å². The van der Waals surface area contributed by atoms with E-state index in [1.54, 1.807) is 0 Å². The van der Waals surface area contributed by atoms with E-state index in [9.17, 15) is 0 Å². The molecule has 0 bridgehead atoms. The molecule has 0 unspecified atom stereocenters. The summed E-state index contributed by atoms with van der Waals surface area (Å²) in [5, 5.41) is 0.834. The van der Waals surface area contributed by atoms with E-state index >= 15 is 0 Å². The van der Waals surface area contributed by atoms with Gasteiger partial charge >= 0.3 is 0 Å². The average molecular weight is 371 g/mol. The van der Waals surface area contributed by atoms with Gasteiger partial charge in [-0.3, -0.25) is 0 Å². The topological polar surface area (TPSA) is 0 Å². The first kappa shape index (κ1) is 20.4. The van der Waals surface area contributed by atoms with Gasteiger partial charge in [0.15, 0.2) is 0 Å². The van der Waals surface area contributed by atoms with Crippen LogP contribution in [0.4, 0.5) is 0 Å². The fraction of sp³-hybridized carbons (Fsp3) is 0.667. The van der Waals surface area contributed by atoms with E-state index in [-0.39, 0.29) is 0 Å². The Morgan fingerprint density at radius 2 is 1.00 bits per heavy atom. The second-order valence-corrected chi connectivity index (χ2v) is 26.9. The van der Waals surface area contributed by atoms with Crippen molar-refractivity contribution in [3.05, 3.63) is 24.3 Å². The minimum atomic E-state index is -1.35. The van der Waals surface area contributed by atoms with Gasteiger partial charge in [-0.25, -0.2) is 0 Å². The highest BCUT2D eigenvalue weighted by Gasteiger charge is 2.38. The van der Waals surface area contributed by atoms with Crippen molar-refractivity contribution < 1.29 is 0 Å². The summed E-state index contributed by atoms with van der Waals surface area (Å²) in [5.41, 5.74) is 0. The standard InChI is InChI=1S/C18H34S2Si2/c1-17(2,3)21(7,8)19-15-12-11-13-16(14-15)20-22(9,10)18(4,5)6/h11-14H,1-10H3. The number of hydrogen-bond acceptors (Lipinski definition) is 2. The Morgan fingerprint density at radius 1 is 0.682 bits per heavy atom. The van der Waals surface area contributed by atoms with Crippen LogP contribution in [-0.4, -0.2) is 14.4 Å². The van der Waals surface area contributed by atoms with Crippen molar-refractivity contribution in [3.8, 4) is 0 Å². The molecule has 0 spiro atoms. The van der Waals surface area contributed by atoms with Gasteiger partial charge in [0.05, 0.1) is 0 Å². The van der Waals surface area contributed by atoms with Crippen LogP contribution in [0.2, 0.25) is 36.3 Å². The molecule has 0 N–H and O–H groups in total. The first-order chi connectivity index (χ1) is 9.66. The summed E-state index contributed by atoms with van der Waals surface area (Å²) in [6.45, 7) is 24.3. The Labute approximate surface area is 148 Å². The lowest BCUT2D eigenvalue weighted by atomic mass is 10.2. The number of rotatable bonds is 4. The highest BCUT2D eigenvalue weighted by atomic mass is 32.4. The summed E-state index contributed by atoms with van der Waals surface area (Å²) in [6.07, 6.45) is 0. The van der Waals surface area contributed by atoms with E-state index < -0.39 is 14.4 Å². The van der Waals surface area contributed by atoms with E-state index in [1.807, 2.05) is 0 Å². The molecule has 0 aliphatic carbocycles. The molecule has 0 aliphatic heterocycles. The molecule has 4 heteroatoms. The van der Waals surface area contributed by atoms with Crippen molar-refractivity contribution >= 4 is 36.9 Å². The van der Waals surface area contributed by atoms with Gasteiger partial charge in [-0.15, -0.1) is 0 Å². The number of hydrogen-bond donors (Lipinski definition) is 0. The smallest absolute Gasteiger partial charge is 0.122 e. The lowest BCUT2D eigenvalue weighted by Gasteiger charge is -2.37. The molecule has 0 saturated carbocycles. The summed E-state index contributed by atoms with van der Waals surface area (Å²) in [7, 11) is -2.69. The molecule has 1 aromatic carbocycles. The predicted octanol–water partition coefficient (Wildman–Crippen LogP) is 7.88. The Balaban J connectivity index is 2.97. The van der Waals surface area contributed by atoms with Crippen molar-refractivity contribution in [2.75, 3.05) is 0 Å². The summed E-state index contributed by atoms with van der Waals surface area (Å²) in [5.74, 6) is 0. The molecule has 1 rings (SSSR count). The second-order valence-electron chi connectivity index (χ2n) is 9.20. The maximum atomic E-state index is 2.49. The molecule has 0 saturated heterocycles. The Bertz CT molecular complexity index is 465. The molecule has 0 fully saturated rings. The van der Waals surface area contributed by atoms with Crippen molar-refractivity contribution in [1.29, 1.82) is 0 Å². The summed E-state index contributed by atoms with van der Waals surface area (Å²) in [4.78, 5) is 2.91. The maximum absolute atomic E-state index is 2.49. The highest BCUT2D eigenvalue weighted by Crippen LogP contribution is 2.49. The van der Waals surface area contributed by atoms with Crippen LogP contribution in [0.1, 0.15) is 41.5 Å². The predicted molar refractivity (Wildman–Crippen MR) is 113 cm³/mol. The summed E-state index contributed by atoms with van der Waals surface area (Å²) >= 11 is 4.28. The molecular formula is C18H34S2Si2. The summed E-state index contributed by atoms with van der Waals surface area (Å²) in [6, 6.07) is 9.25. The van der Waals surface area contributed by atoms with Crippen LogP contribution in [0.25, 0.3) is 0 Å². The van der Waals surface area contributed by atoms with Gasteiger partial charge in [0.2, 0.25) is 0 Å². The van der Waals surface area contributed by atoms with Crippen molar-refractivity contribution in [2.45, 2.75) is 87.6 Å². The summed E-state index contributed by atoms with van der Waals surface area (Å²) < 4.78 is 0. The molecule has 0 heterocycles. The van der Waals surface area contributed by atoms with E-state index in [0.717, 1.165) is 0 Å². The van der Waals surface area contributed by atoms with Gasteiger partial charge in [-0.05, 0) is 28.3 Å². The minimum absolute atomic E-state index is 0.417. The first-order valence-electron chi connectivity index (χ1n) is 8.14. The first-order valence-corrected chi connectivity index (χ1v) is 17.2. The fourth-order valence-electron chi connectivity index (χ4n) is 1.50. The molecule has 126 valence electrons. The van der Waals surface area contributed by atoms with Gasteiger partial charge in [-0.2, -0.15) is 22.4 Å². The molecule has 1 aromatic rings. The van der Waals surface area contributed by atoms with Crippen molar-refractivity contribution in [1.82, 2.24) is 0 Å². The lowest BCUT2D eigenvalue weighted by molar-refractivity contribution is 0.736. The molecule has 0 nitrogen and oxygen atoms in total. The van der Waals surface area contributed by atoms with E-state index in [0.29, 0.717) is 10.1 Å². The Morgan fingerprint density at radius 3 is 1.27 bits per heavy atom. The van der Waals surface area contributed by atoms with Gasteiger partial charge in [-0.1, -0.05) is 73.8 Å². The highest BCUT2D eigenvalue weighted by molar-refractivity contribution is 8.29. The largest absolute Gasteiger partial charge is 0.151 e. The molecule has 0 radical (unpaired) electrons. The lowest BCUT2D eigenvalue weighted by Crippen LogP contribution is -2.33. The zero-order chi connectivity index (χ0) is 17.4. The van der Waals surface area contributed by atoms with Crippen LogP contribution in [0.3, 0.4) is 0 Å². The monoisotopic (exact) mass is 370 g/mol. The van der Waals surface area contributed by atoms with Gasteiger partial charge in [0.25, 0.3) is 0 Å². The molecule has 0 amide bonds. The zero-order valence-electron chi connectivity index (χ0n) is 16.1. The Kier molecular flexibility index (Phi) is 6.21. The van der Waals surface area contributed by atoms with Gasteiger partial charge in [0.1, 0.15) is 14.4 Å². The molecule has 0 aromatic heterocycles. The zero-order valence-corrected chi connectivity index (χ0v) is 19.8. The van der Waals surface area contributed by atoms with Crippen LogP contribution in [0.15, 0.2) is 34.1 Å². The van der Waals surface area contributed by atoms with Crippen LogP contribution in [0, 0.1) is 0 Å². The molecule has 22 heavy (non-hydrogen) atoms. The van der Waals surface area contributed by atoms with E-state index in [1.165, 1.54) is 9.79 Å². The minimum Gasteiger partial charge on any atom is -0.151 e. The molecule has 0 atom stereocenters.